The summed E-state index contributed by atoms with van der Waals surface area (Å²) in [6.45, 7) is 16.6. The van der Waals surface area contributed by atoms with E-state index in [4.69, 9.17) is 5.73 Å². The van der Waals surface area contributed by atoms with Crippen molar-refractivity contribution in [1.29, 1.82) is 0 Å². The number of nitrogens with zero attached hydrogens (tertiary/aromatic N) is 1. The molecule has 1 fully saturated rings. The fourth-order valence-electron chi connectivity index (χ4n) is 2.54. The van der Waals surface area contributed by atoms with Crippen molar-refractivity contribution in [3.8, 4) is 0 Å². The molecule has 0 radical (unpaired) electrons. The fourth-order valence-corrected chi connectivity index (χ4v) is 2.54. The fraction of sp³-hybridized carbons (Fsp3) is 0.895. The number of nitrogens with two attached hydrogens (primary N) is 1. The summed E-state index contributed by atoms with van der Waals surface area (Å²) in [5.41, 5.74) is 7.08. The van der Waals surface area contributed by atoms with Crippen LogP contribution in [0.5, 0.6) is 0 Å². The maximum absolute atomic E-state index is 5.54. The van der Waals surface area contributed by atoms with Crippen LogP contribution in [0.4, 0.5) is 0 Å². The molecule has 1 saturated carbocycles. The Morgan fingerprint density at radius 3 is 2.00 bits per heavy atom. The van der Waals surface area contributed by atoms with Gasteiger partial charge in [0.2, 0.25) is 0 Å². The Hall–Kier alpha value is -0.500. The van der Waals surface area contributed by atoms with Crippen molar-refractivity contribution in [3.63, 3.8) is 0 Å². The lowest BCUT2D eigenvalue weighted by Crippen LogP contribution is -2.27. The molecule has 0 aliphatic heterocycles. The zero-order valence-electron chi connectivity index (χ0n) is 15.8. The van der Waals surface area contributed by atoms with Crippen LogP contribution in [0.1, 0.15) is 86.0 Å². The Morgan fingerprint density at radius 2 is 1.57 bits per heavy atom. The molecule has 2 heteroatoms. The monoisotopic (exact) mass is 298 g/mol. The van der Waals surface area contributed by atoms with E-state index in [-0.39, 0.29) is 0 Å². The van der Waals surface area contributed by atoms with Crippen LogP contribution in [0.25, 0.3) is 0 Å². The van der Waals surface area contributed by atoms with Crippen molar-refractivity contribution < 1.29 is 0 Å². The summed E-state index contributed by atoms with van der Waals surface area (Å²) in [4.78, 5) is 2.53. The van der Waals surface area contributed by atoms with Crippen LogP contribution in [-0.2, 0) is 0 Å². The van der Waals surface area contributed by atoms with E-state index in [1.165, 1.54) is 58.0 Å². The first-order chi connectivity index (χ1) is 10.1. The molecule has 1 rings (SSSR count). The zero-order valence-corrected chi connectivity index (χ0v) is 15.8. The molecule has 0 aromatic rings. The second-order valence-corrected chi connectivity index (χ2v) is 5.91. The summed E-state index contributed by atoms with van der Waals surface area (Å²) >= 11 is 0. The van der Waals surface area contributed by atoms with Gasteiger partial charge in [-0.25, -0.2) is 0 Å². The minimum absolute atomic E-state index is 0.700. The lowest BCUT2D eigenvalue weighted by atomic mass is 10.0. The summed E-state index contributed by atoms with van der Waals surface area (Å²) in [6.07, 6.45) is 10.4. The van der Waals surface area contributed by atoms with Gasteiger partial charge in [0.1, 0.15) is 0 Å². The van der Waals surface area contributed by atoms with Gasteiger partial charge in [-0.05, 0) is 57.5 Å². The average Bonchev–Trinajstić information content (AvgIpc) is 3.27. The SMILES string of the molecule is C=C(N)CCCCCCN(C)CC1(CC)CC1.CC.CC. The highest BCUT2D eigenvalue weighted by Gasteiger charge is 2.40. The van der Waals surface area contributed by atoms with E-state index in [9.17, 15) is 0 Å². The van der Waals surface area contributed by atoms with Gasteiger partial charge in [-0.3, -0.25) is 0 Å². The Kier molecular flexibility index (Phi) is 15.7. The third-order valence-corrected chi connectivity index (χ3v) is 4.10. The highest BCUT2D eigenvalue weighted by molar-refractivity contribution is 4.93. The van der Waals surface area contributed by atoms with Crippen molar-refractivity contribution >= 4 is 0 Å². The lowest BCUT2D eigenvalue weighted by Gasteiger charge is -2.22. The number of hydrogen-bond donors (Lipinski definition) is 1. The molecule has 0 amide bonds. The lowest BCUT2D eigenvalue weighted by molar-refractivity contribution is 0.252. The molecule has 0 spiro atoms. The molecule has 0 unspecified atom stereocenters. The first-order valence-electron chi connectivity index (χ1n) is 9.20. The summed E-state index contributed by atoms with van der Waals surface area (Å²) in [5.74, 6) is 0. The largest absolute Gasteiger partial charge is 0.403 e. The van der Waals surface area contributed by atoms with Crippen molar-refractivity contribution in [3.05, 3.63) is 12.3 Å². The first-order valence-corrected chi connectivity index (χ1v) is 9.20. The Labute approximate surface area is 135 Å². The predicted molar refractivity (Wildman–Crippen MR) is 98.6 cm³/mol. The molecule has 1 aliphatic carbocycles. The predicted octanol–water partition coefficient (Wildman–Crippen LogP) is 5.58. The molecule has 0 atom stereocenters. The maximum atomic E-state index is 5.54. The molecule has 0 bridgehead atoms. The molecule has 128 valence electrons. The van der Waals surface area contributed by atoms with E-state index in [0.717, 1.165) is 12.1 Å². The molecular weight excluding hydrogens is 256 g/mol. The Bertz CT molecular complexity index is 232. The summed E-state index contributed by atoms with van der Waals surface area (Å²) < 4.78 is 0. The van der Waals surface area contributed by atoms with Crippen molar-refractivity contribution in [2.45, 2.75) is 86.0 Å². The van der Waals surface area contributed by atoms with Gasteiger partial charge in [-0.15, -0.1) is 0 Å². The van der Waals surface area contributed by atoms with Gasteiger partial charge in [0.15, 0.2) is 0 Å². The van der Waals surface area contributed by atoms with Crippen LogP contribution >= 0.6 is 0 Å². The van der Waals surface area contributed by atoms with Crippen LogP contribution < -0.4 is 5.73 Å². The highest BCUT2D eigenvalue weighted by Crippen LogP contribution is 2.48. The van der Waals surface area contributed by atoms with Gasteiger partial charge in [-0.2, -0.15) is 0 Å². The molecule has 21 heavy (non-hydrogen) atoms. The quantitative estimate of drug-likeness (QED) is 0.533. The minimum atomic E-state index is 0.700. The number of unbranched alkanes of at least 4 members (excludes halogenated alkanes) is 3. The standard InChI is InChI=1S/C15H30N2.2C2H6/c1-4-15(10-11-15)13-17(3)12-8-6-5-7-9-14(2)16;2*1-2/h2,4-13,16H2,1,3H3;2*1-2H3. The Morgan fingerprint density at radius 1 is 1.05 bits per heavy atom. The first kappa shape index (κ1) is 22.8. The normalized spacial score (nSPS) is 14.6. The van der Waals surface area contributed by atoms with Crippen LogP contribution in [0.15, 0.2) is 12.3 Å². The maximum Gasteiger partial charge on any atom is 0.00348 e. The molecule has 0 saturated heterocycles. The van der Waals surface area contributed by atoms with Crippen LogP contribution in [0.2, 0.25) is 0 Å². The van der Waals surface area contributed by atoms with Gasteiger partial charge < -0.3 is 10.6 Å². The minimum Gasteiger partial charge on any atom is -0.403 e. The molecule has 0 aromatic carbocycles. The summed E-state index contributed by atoms with van der Waals surface area (Å²) in [5, 5.41) is 0. The molecule has 0 aromatic heterocycles. The summed E-state index contributed by atoms with van der Waals surface area (Å²) in [6, 6.07) is 0. The molecule has 2 N–H and O–H groups in total. The third kappa shape index (κ3) is 12.9. The van der Waals surface area contributed by atoms with Crippen molar-refractivity contribution in [2.75, 3.05) is 20.1 Å². The zero-order chi connectivity index (χ0) is 16.7. The van der Waals surface area contributed by atoms with E-state index in [1.54, 1.807) is 0 Å². The second kappa shape index (κ2) is 14.4. The van der Waals surface area contributed by atoms with E-state index in [1.807, 2.05) is 27.7 Å². The van der Waals surface area contributed by atoms with Crippen LogP contribution in [0.3, 0.4) is 0 Å². The van der Waals surface area contributed by atoms with Gasteiger partial charge >= 0.3 is 0 Å². The summed E-state index contributed by atoms with van der Waals surface area (Å²) in [7, 11) is 2.28. The van der Waals surface area contributed by atoms with Crippen LogP contribution in [0, 0.1) is 5.41 Å². The van der Waals surface area contributed by atoms with Crippen LogP contribution in [-0.4, -0.2) is 25.0 Å². The topological polar surface area (TPSA) is 29.3 Å². The smallest absolute Gasteiger partial charge is 0.00348 e. The van der Waals surface area contributed by atoms with E-state index >= 15 is 0 Å². The van der Waals surface area contributed by atoms with E-state index < -0.39 is 0 Å². The number of hydrogen-bond acceptors (Lipinski definition) is 2. The molecule has 2 nitrogen and oxygen atoms in total. The van der Waals surface area contributed by atoms with Crippen molar-refractivity contribution in [1.82, 2.24) is 4.90 Å². The Balaban J connectivity index is 0. The highest BCUT2D eigenvalue weighted by atomic mass is 15.1. The number of allylic oxidation sites excluding steroid dienone is 1. The number of rotatable bonds is 10. The average molecular weight is 299 g/mol. The van der Waals surface area contributed by atoms with Gasteiger partial charge in [-0.1, -0.05) is 54.0 Å². The van der Waals surface area contributed by atoms with Gasteiger partial charge in [0.05, 0.1) is 0 Å². The molecule has 0 heterocycles. The molecule has 1 aliphatic rings. The van der Waals surface area contributed by atoms with Gasteiger partial charge in [0, 0.05) is 12.2 Å². The van der Waals surface area contributed by atoms with Crippen molar-refractivity contribution in [2.24, 2.45) is 11.1 Å². The van der Waals surface area contributed by atoms with E-state index in [2.05, 4.69) is 25.5 Å². The third-order valence-electron chi connectivity index (χ3n) is 4.10. The molecular formula is C19H42N2. The van der Waals surface area contributed by atoms with Gasteiger partial charge in [0.25, 0.3) is 0 Å². The second-order valence-electron chi connectivity index (χ2n) is 5.91. The van der Waals surface area contributed by atoms with E-state index in [0.29, 0.717) is 5.41 Å².